The summed E-state index contributed by atoms with van der Waals surface area (Å²) in [6.45, 7) is 6.56. The smallest absolute Gasteiger partial charge is 0.123 e. The van der Waals surface area contributed by atoms with Crippen LogP contribution in [0.15, 0.2) is 36.4 Å². The highest BCUT2D eigenvalue weighted by Gasteiger charge is 2.11. The van der Waals surface area contributed by atoms with Crippen LogP contribution in [-0.2, 0) is 6.61 Å². The van der Waals surface area contributed by atoms with E-state index in [1.54, 1.807) is 6.07 Å². The third-order valence-electron chi connectivity index (χ3n) is 3.44. The first kappa shape index (κ1) is 15.4. The molecule has 0 unspecified atom stereocenters. The summed E-state index contributed by atoms with van der Waals surface area (Å²) < 4.78 is 5.90. The molecular weight excluding hydrogens is 282 g/mol. The third kappa shape index (κ3) is 3.56. The fourth-order valence-corrected chi connectivity index (χ4v) is 2.61. The minimum atomic E-state index is 0.340. The maximum Gasteiger partial charge on any atom is 0.123 e. The van der Waals surface area contributed by atoms with Gasteiger partial charge in [-0.1, -0.05) is 43.6 Å². The van der Waals surface area contributed by atoms with Gasteiger partial charge in [-0.2, -0.15) is 5.26 Å². The minimum Gasteiger partial charge on any atom is -0.489 e. The van der Waals surface area contributed by atoms with Crippen LogP contribution in [0.2, 0.25) is 5.02 Å². The quantitative estimate of drug-likeness (QED) is 0.775. The fourth-order valence-electron chi connectivity index (χ4n) is 2.18. The highest BCUT2D eigenvalue weighted by Crippen LogP contribution is 2.31. The molecule has 0 spiro atoms. The second-order valence-corrected chi connectivity index (χ2v) is 5.76. The summed E-state index contributed by atoms with van der Waals surface area (Å²) >= 11 is 6.26. The van der Waals surface area contributed by atoms with Gasteiger partial charge in [0.2, 0.25) is 0 Å². The second kappa shape index (κ2) is 6.65. The number of nitrogens with zero attached hydrogens (tertiary/aromatic N) is 1. The molecule has 0 heterocycles. The Kier molecular flexibility index (Phi) is 4.88. The van der Waals surface area contributed by atoms with Crippen molar-refractivity contribution < 1.29 is 4.74 Å². The zero-order valence-corrected chi connectivity index (χ0v) is 13.2. The van der Waals surface area contributed by atoms with Gasteiger partial charge in [0.05, 0.1) is 11.6 Å². The molecule has 0 aliphatic carbocycles. The van der Waals surface area contributed by atoms with Crippen molar-refractivity contribution in [2.45, 2.75) is 33.3 Å². The molecule has 2 nitrogen and oxygen atoms in total. The maximum absolute atomic E-state index is 9.10. The van der Waals surface area contributed by atoms with Gasteiger partial charge >= 0.3 is 0 Å². The Bertz CT molecular complexity index is 686. The summed E-state index contributed by atoms with van der Waals surface area (Å²) in [7, 11) is 0. The monoisotopic (exact) mass is 299 g/mol. The van der Waals surface area contributed by atoms with E-state index in [9.17, 15) is 0 Å². The minimum absolute atomic E-state index is 0.340. The van der Waals surface area contributed by atoms with Gasteiger partial charge in [-0.15, -0.1) is 0 Å². The summed E-state index contributed by atoms with van der Waals surface area (Å²) in [5.74, 6) is 1.16. The SMILES string of the molecule is Cc1cc(Cl)c(C(C)C)cc1OCc1ccccc1C#N. The van der Waals surface area contributed by atoms with Gasteiger partial charge in [0.15, 0.2) is 0 Å². The molecule has 0 aromatic heterocycles. The highest BCUT2D eigenvalue weighted by molar-refractivity contribution is 6.31. The average Bonchev–Trinajstić information content (AvgIpc) is 2.46. The van der Waals surface area contributed by atoms with E-state index in [-0.39, 0.29) is 0 Å². The largest absolute Gasteiger partial charge is 0.489 e. The Morgan fingerprint density at radius 1 is 1.24 bits per heavy atom. The molecule has 2 rings (SSSR count). The Labute approximate surface area is 130 Å². The van der Waals surface area contributed by atoms with Crippen LogP contribution in [0.3, 0.4) is 0 Å². The van der Waals surface area contributed by atoms with Crippen LogP contribution >= 0.6 is 11.6 Å². The molecule has 2 aromatic carbocycles. The van der Waals surface area contributed by atoms with E-state index in [4.69, 9.17) is 21.6 Å². The number of benzene rings is 2. The van der Waals surface area contributed by atoms with Crippen molar-refractivity contribution >= 4 is 11.6 Å². The summed E-state index contributed by atoms with van der Waals surface area (Å²) in [5.41, 5.74) is 3.61. The van der Waals surface area contributed by atoms with Gasteiger partial charge in [0, 0.05) is 10.6 Å². The average molecular weight is 300 g/mol. The number of hydrogen-bond acceptors (Lipinski definition) is 2. The molecule has 0 atom stereocenters. The van der Waals surface area contributed by atoms with E-state index < -0.39 is 0 Å². The molecule has 0 saturated heterocycles. The van der Waals surface area contributed by atoms with E-state index in [0.29, 0.717) is 18.1 Å². The third-order valence-corrected chi connectivity index (χ3v) is 3.76. The van der Waals surface area contributed by atoms with E-state index in [2.05, 4.69) is 19.9 Å². The summed E-state index contributed by atoms with van der Waals surface area (Å²) in [4.78, 5) is 0. The standard InChI is InChI=1S/C18H18ClNO/c1-12(2)16-9-18(13(3)8-17(16)19)21-11-15-7-5-4-6-14(15)10-20/h4-9,12H,11H2,1-3H3. The molecular formula is C18H18ClNO. The Morgan fingerprint density at radius 3 is 2.62 bits per heavy atom. The predicted molar refractivity (Wildman–Crippen MR) is 85.8 cm³/mol. The predicted octanol–water partition coefficient (Wildman–Crippen LogP) is 5.22. The molecule has 0 fully saturated rings. The van der Waals surface area contributed by atoms with Crippen molar-refractivity contribution in [1.29, 1.82) is 5.26 Å². The molecule has 0 amide bonds. The second-order valence-electron chi connectivity index (χ2n) is 5.35. The highest BCUT2D eigenvalue weighted by atomic mass is 35.5. The van der Waals surface area contributed by atoms with Crippen LogP contribution in [-0.4, -0.2) is 0 Å². The van der Waals surface area contributed by atoms with Crippen molar-refractivity contribution in [3.63, 3.8) is 0 Å². The molecule has 2 aromatic rings. The van der Waals surface area contributed by atoms with Crippen LogP contribution in [0.4, 0.5) is 0 Å². The van der Waals surface area contributed by atoms with Gasteiger partial charge in [0.1, 0.15) is 12.4 Å². The molecule has 0 aliphatic heterocycles. The molecule has 0 bridgehead atoms. The number of hydrogen-bond donors (Lipinski definition) is 0. The fraction of sp³-hybridized carbons (Fsp3) is 0.278. The zero-order chi connectivity index (χ0) is 15.4. The lowest BCUT2D eigenvalue weighted by Crippen LogP contribution is -2.01. The van der Waals surface area contributed by atoms with Crippen LogP contribution in [0.1, 0.15) is 42.0 Å². The van der Waals surface area contributed by atoms with Crippen molar-refractivity contribution in [3.8, 4) is 11.8 Å². The van der Waals surface area contributed by atoms with Crippen LogP contribution in [0.5, 0.6) is 5.75 Å². The van der Waals surface area contributed by atoms with E-state index in [0.717, 1.165) is 27.5 Å². The Morgan fingerprint density at radius 2 is 1.95 bits per heavy atom. The lowest BCUT2D eigenvalue weighted by atomic mass is 10.0. The Hall–Kier alpha value is -1.98. The summed E-state index contributed by atoms with van der Waals surface area (Å²) in [5, 5.41) is 9.87. The number of rotatable bonds is 4. The Balaban J connectivity index is 2.24. The topological polar surface area (TPSA) is 33.0 Å². The molecule has 0 radical (unpaired) electrons. The summed E-state index contributed by atoms with van der Waals surface area (Å²) in [6.07, 6.45) is 0. The van der Waals surface area contributed by atoms with E-state index >= 15 is 0 Å². The molecule has 21 heavy (non-hydrogen) atoms. The van der Waals surface area contributed by atoms with Crippen LogP contribution in [0, 0.1) is 18.3 Å². The lowest BCUT2D eigenvalue weighted by Gasteiger charge is -2.15. The van der Waals surface area contributed by atoms with E-state index in [1.807, 2.05) is 37.3 Å². The molecule has 0 aliphatic rings. The van der Waals surface area contributed by atoms with E-state index in [1.165, 1.54) is 0 Å². The van der Waals surface area contributed by atoms with Gasteiger partial charge in [-0.05, 0) is 42.2 Å². The van der Waals surface area contributed by atoms with Gasteiger partial charge in [0.25, 0.3) is 0 Å². The first-order valence-electron chi connectivity index (χ1n) is 6.93. The van der Waals surface area contributed by atoms with Crippen LogP contribution < -0.4 is 4.74 Å². The zero-order valence-electron chi connectivity index (χ0n) is 12.5. The maximum atomic E-state index is 9.10. The molecule has 108 valence electrons. The first-order valence-corrected chi connectivity index (χ1v) is 7.31. The van der Waals surface area contributed by atoms with Crippen molar-refractivity contribution in [2.75, 3.05) is 0 Å². The van der Waals surface area contributed by atoms with Gasteiger partial charge in [-0.25, -0.2) is 0 Å². The first-order chi connectivity index (χ1) is 10.0. The van der Waals surface area contributed by atoms with Gasteiger partial charge < -0.3 is 4.74 Å². The molecule has 0 saturated carbocycles. The van der Waals surface area contributed by atoms with Crippen molar-refractivity contribution in [1.82, 2.24) is 0 Å². The summed E-state index contributed by atoms with van der Waals surface area (Å²) in [6, 6.07) is 13.6. The number of ether oxygens (including phenoxy) is 1. The lowest BCUT2D eigenvalue weighted by molar-refractivity contribution is 0.303. The normalized spacial score (nSPS) is 10.5. The van der Waals surface area contributed by atoms with Gasteiger partial charge in [-0.3, -0.25) is 0 Å². The van der Waals surface area contributed by atoms with Crippen molar-refractivity contribution in [3.05, 3.63) is 63.7 Å². The molecule has 0 N–H and O–H groups in total. The number of aryl methyl sites for hydroxylation is 1. The molecule has 3 heteroatoms. The number of nitriles is 1. The number of halogens is 1. The van der Waals surface area contributed by atoms with Crippen LogP contribution in [0.25, 0.3) is 0 Å². The van der Waals surface area contributed by atoms with Crippen molar-refractivity contribution in [2.24, 2.45) is 0 Å².